The fraction of sp³-hybridized carbons (Fsp3) is 0.231. The van der Waals surface area contributed by atoms with Crippen molar-refractivity contribution in [3.05, 3.63) is 36.7 Å². The Bertz CT molecular complexity index is 532. The second-order valence-corrected chi connectivity index (χ2v) is 4.13. The molecule has 1 aromatic heterocycles. The van der Waals surface area contributed by atoms with Gasteiger partial charge in [-0.15, -0.1) is 0 Å². The Morgan fingerprint density at radius 1 is 1.47 bits per heavy atom. The van der Waals surface area contributed by atoms with Gasteiger partial charge in [-0.3, -0.25) is 9.78 Å². The first-order valence-corrected chi connectivity index (χ1v) is 5.55. The lowest BCUT2D eigenvalue weighted by Crippen LogP contribution is -2.24. The molecule has 0 aliphatic heterocycles. The van der Waals surface area contributed by atoms with Gasteiger partial charge in [0.1, 0.15) is 0 Å². The maximum atomic E-state index is 11.7. The molecule has 0 aliphatic carbocycles. The van der Waals surface area contributed by atoms with Crippen molar-refractivity contribution in [3.63, 3.8) is 0 Å². The molecule has 0 bridgehead atoms. The second kappa shape index (κ2) is 4.93. The van der Waals surface area contributed by atoms with Crippen LogP contribution in [0.5, 0.6) is 0 Å². The molecule has 1 atom stereocenters. The lowest BCUT2D eigenvalue weighted by molar-refractivity contribution is -0.116. The number of nitrogens with zero attached hydrogens (tertiary/aromatic N) is 1. The topological polar surface area (TPSA) is 68.0 Å². The molecule has 4 heteroatoms. The van der Waals surface area contributed by atoms with Crippen LogP contribution < -0.4 is 11.1 Å². The Kier molecular flexibility index (Phi) is 3.35. The van der Waals surface area contributed by atoms with Crippen LogP contribution in [0.15, 0.2) is 36.7 Å². The largest absolute Gasteiger partial charge is 0.327 e. The SMILES string of the molecule is CC(N)CC(=O)Nc1cccc2ccncc12. The Labute approximate surface area is 99.8 Å². The normalized spacial score (nSPS) is 12.4. The standard InChI is InChI=1S/C13H15N3O/c1-9(14)7-13(17)16-12-4-2-3-10-5-6-15-8-11(10)12/h2-6,8-9H,7,14H2,1H3,(H,16,17). The number of carbonyl (C=O) groups excluding carboxylic acids is 1. The van der Waals surface area contributed by atoms with Gasteiger partial charge in [0, 0.05) is 30.2 Å². The first-order valence-electron chi connectivity index (χ1n) is 5.55. The highest BCUT2D eigenvalue weighted by molar-refractivity contribution is 6.01. The number of amides is 1. The van der Waals surface area contributed by atoms with Gasteiger partial charge in [0.15, 0.2) is 0 Å². The molecule has 3 N–H and O–H groups in total. The highest BCUT2D eigenvalue weighted by Crippen LogP contribution is 2.22. The molecule has 1 heterocycles. The molecule has 0 aliphatic rings. The van der Waals surface area contributed by atoms with E-state index in [1.54, 1.807) is 12.4 Å². The smallest absolute Gasteiger partial charge is 0.225 e. The highest BCUT2D eigenvalue weighted by atomic mass is 16.1. The van der Waals surface area contributed by atoms with Crippen LogP contribution in [0.3, 0.4) is 0 Å². The van der Waals surface area contributed by atoms with E-state index in [0.29, 0.717) is 6.42 Å². The average molecular weight is 229 g/mol. The third kappa shape index (κ3) is 2.79. The van der Waals surface area contributed by atoms with Crippen molar-refractivity contribution in [3.8, 4) is 0 Å². The van der Waals surface area contributed by atoms with E-state index in [0.717, 1.165) is 16.5 Å². The predicted octanol–water partition coefficient (Wildman–Crippen LogP) is 1.91. The number of aromatic nitrogens is 1. The van der Waals surface area contributed by atoms with Crippen LogP contribution in [0.25, 0.3) is 10.8 Å². The summed E-state index contributed by atoms with van der Waals surface area (Å²) < 4.78 is 0. The molecule has 1 aromatic carbocycles. The summed E-state index contributed by atoms with van der Waals surface area (Å²) in [5, 5.41) is 4.85. The summed E-state index contributed by atoms with van der Waals surface area (Å²) >= 11 is 0. The Morgan fingerprint density at radius 2 is 2.29 bits per heavy atom. The molecule has 0 fully saturated rings. The molecule has 0 radical (unpaired) electrons. The first kappa shape index (κ1) is 11.5. The lowest BCUT2D eigenvalue weighted by atomic mass is 10.1. The van der Waals surface area contributed by atoms with Gasteiger partial charge >= 0.3 is 0 Å². The minimum absolute atomic E-state index is 0.0728. The van der Waals surface area contributed by atoms with Gasteiger partial charge in [0.05, 0.1) is 5.69 Å². The minimum Gasteiger partial charge on any atom is -0.327 e. The van der Waals surface area contributed by atoms with Crippen molar-refractivity contribution in [2.75, 3.05) is 5.32 Å². The van der Waals surface area contributed by atoms with Crippen LogP contribution in [0.1, 0.15) is 13.3 Å². The Morgan fingerprint density at radius 3 is 3.06 bits per heavy atom. The maximum absolute atomic E-state index is 11.7. The van der Waals surface area contributed by atoms with Crippen molar-refractivity contribution >= 4 is 22.4 Å². The van der Waals surface area contributed by atoms with Gasteiger partial charge in [-0.1, -0.05) is 12.1 Å². The summed E-state index contributed by atoms with van der Waals surface area (Å²) in [6, 6.07) is 7.53. The Hall–Kier alpha value is -1.94. The lowest BCUT2D eigenvalue weighted by Gasteiger charge is -2.09. The molecular weight excluding hydrogens is 214 g/mol. The number of nitrogens with one attached hydrogen (secondary N) is 1. The summed E-state index contributed by atoms with van der Waals surface area (Å²) in [5.74, 6) is -0.0728. The molecule has 0 spiro atoms. The van der Waals surface area contributed by atoms with Gasteiger partial charge in [-0.05, 0) is 24.4 Å². The summed E-state index contributed by atoms with van der Waals surface area (Å²) in [7, 11) is 0. The van der Waals surface area contributed by atoms with E-state index in [4.69, 9.17) is 5.73 Å². The number of hydrogen-bond donors (Lipinski definition) is 2. The number of hydrogen-bond acceptors (Lipinski definition) is 3. The summed E-state index contributed by atoms with van der Waals surface area (Å²) in [6.45, 7) is 1.81. The number of anilines is 1. The molecule has 2 rings (SSSR count). The van der Waals surface area contributed by atoms with E-state index in [1.807, 2.05) is 31.2 Å². The summed E-state index contributed by atoms with van der Waals surface area (Å²) in [5.41, 5.74) is 6.37. The van der Waals surface area contributed by atoms with E-state index in [9.17, 15) is 4.79 Å². The third-order valence-electron chi connectivity index (χ3n) is 2.47. The zero-order valence-electron chi connectivity index (χ0n) is 9.68. The number of rotatable bonds is 3. The third-order valence-corrected chi connectivity index (χ3v) is 2.47. The van der Waals surface area contributed by atoms with Crippen molar-refractivity contribution in [1.82, 2.24) is 4.98 Å². The molecule has 88 valence electrons. The molecule has 2 aromatic rings. The number of carbonyl (C=O) groups is 1. The van der Waals surface area contributed by atoms with Crippen LogP contribution in [0.4, 0.5) is 5.69 Å². The van der Waals surface area contributed by atoms with Crippen LogP contribution in [-0.4, -0.2) is 16.9 Å². The molecule has 1 amide bonds. The van der Waals surface area contributed by atoms with E-state index < -0.39 is 0 Å². The van der Waals surface area contributed by atoms with Gasteiger partial charge in [-0.2, -0.15) is 0 Å². The zero-order valence-corrected chi connectivity index (χ0v) is 9.68. The van der Waals surface area contributed by atoms with E-state index in [1.165, 1.54) is 0 Å². The van der Waals surface area contributed by atoms with Gasteiger partial charge in [0.2, 0.25) is 5.91 Å². The van der Waals surface area contributed by atoms with Crippen molar-refractivity contribution in [1.29, 1.82) is 0 Å². The van der Waals surface area contributed by atoms with E-state index in [-0.39, 0.29) is 11.9 Å². The molecule has 4 nitrogen and oxygen atoms in total. The zero-order chi connectivity index (χ0) is 12.3. The second-order valence-electron chi connectivity index (χ2n) is 4.13. The number of fused-ring (bicyclic) bond motifs is 1. The average Bonchev–Trinajstić information content (AvgIpc) is 2.28. The molecule has 17 heavy (non-hydrogen) atoms. The summed E-state index contributed by atoms with van der Waals surface area (Å²) in [4.78, 5) is 15.7. The van der Waals surface area contributed by atoms with Crippen LogP contribution in [-0.2, 0) is 4.79 Å². The molecule has 0 saturated carbocycles. The maximum Gasteiger partial charge on any atom is 0.225 e. The van der Waals surface area contributed by atoms with Crippen molar-refractivity contribution < 1.29 is 4.79 Å². The fourth-order valence-electron chi connectivity index (χ4n) is 1.72. The monoisotopic (exact) mass is 229 g/mol. The number of benzene rings is 1. The predicted molar refractivity (Wildman–Crippen MR) is 68.6 cm³/mol. The van der Waals surface area contributed by atoms with Crippen LogP contribution in [0.2, 0.25) is 0 Å². The van der Waals surface area contributed by atoms with Crippen molar-refractivity contribution in [2.24, 2.45) is 5.73 Å². The van der Waals surface area contributed by atoms with E-state index in [2.05, 4.69) is 10.3 Å². The quantitative estimate of drug-likeness (QED) is 0.844. The van der Waals surface area contributed by atoms with Gasteiger partial charge < -0.3 is 11.1 Å². The van der Waals surface area contributed by atoms with Gasteiger partial charge in [-0.25, -0.2) is 0 Å². The molecule has 0 saturated heterocycles. The highest BCUT2D eigenvalue weighted by Gasteiger charge is 2.07. The molecule has 1 unspecified atom stereocenters. The number of pyridine rings is 1. The van der Waals surface area contributed by atoms with E-state index >= 15 is 0 Å². The first-order chi connectivity index (χ1) is 8.16. The Balaban J connectivity index is 2.27. The van der Waals surface area contributed by atoms with Crippen molar-refractivity contribution in [2.45, 2.75) is 19.4 Å². The number of nitrogens with two attached hydrogens (primary N) is 1. The summed E-state index contributed by atoms with van der Waals surface area (Å²) in [6.07, 6.45) is 3.80. The minimum atomic E-state index is -0.136. The molecular formula is C13H15N3O. The fourth-order valence-corrected chi connectivity index (χ4v) is 1.72. The van der Waals surface area contributed by atoms with Gasteiger partial charge in [0.25, 0.3) is 0 Å². The van der Waals surface area contributed by atoms with Crippen LogP contribution >= 0.6 is 0 Å². The van der Waals surface area contributed by atoms with Crippen LogP contribution in [0, 0.1) is 0 Å².